The molecule has 0 unspecified atom stereocenters. The Hall–Kier alpha value is -3.16. The van der Waals surface area contributed by atoms with E-state index in [2.05, 4.69) is 20.6 Å². The number of hydrogen-bond acceptors (Lipinski definition) is 6. The molecule has 1 fully saturated rings. The highest BCUT2D eigenvalue weighted by Crippen LogP contribution is 2.33. The van der Waals surface area contributed by atoms with Gasteiger partial charge in [-0.15, -0.1) is 0 Å². The number of benzene rings is 1. The molecule has 1 aliphatic heterocycles. The van der Waals surface area contributed by atoms with Crippen LogP contribution in [0.4, 0.5) is 5.69 Å². The quantitative estimate of drug-likeness (QED) is 0.839. The largest absolute Gasteiger partial charge is 0.486 e. The third kappa shape index (κ3) is 3.90. The molecule has 2 aliphatic rings. The van der Waals surface area contributed by atoms with Crippen LogP contribution in [0.2, 0.25) is 0 Å². The summed E-state index contributed by atoms with van der Waals surface area (Å²) in [5.41, 5.74) is 1.65. The summed E-state index contributed by atoms with van der Waals surface area (Å²) in [6.45, 7) is 2.82. The molecule has 2 aromatic rings. The highest BCUT2D eigenvalue weighted by molar-refractivity contribution is 5.95. The van der Waals surface area contributed by atoms with Gasteiger partial charge in [0.25, 0.3) is 5.91 Å². The first-order valence-electron chi connectivity index (χ1n) is 9.40. The zero-order valence-electron chi connectivity index (χ0n) is 15.6. The van der Waals surface area contributed by atoms with Crippen molar-refractivity contribution >= 4 is 17.5 Å². The predicted molar refractivity (Wildman–Crippen MR) is 101 cm³/mol. The van der Waals surface area contributed by atoms with Crippen LogP contribution in [-0.2, 0) is 4.79 Å². The molecule has 1 aromatic heterocycles. The number of aromatic nitrogens is 2. The minimum atomic E-state index is -0.309. The fourth-order valence-electron chi connectivity index (χ4n) is 3.55. The van der Waals surface area contributed by atoms with Crippen LogP contribution in [0, 0.1) is 12.8 Å². The first-order valence-corrected chi connectivity index (χ1v) is 9.40. The number of nitrogens with zero attached hydrogens (tertiary/aromatic N) is 2. The third-order valence-corrected chi connectivity index (χ3v) is 4.99. The van der Waals surface area contributed by atoms with Gasteiger partial charge in [0.2, 0.25) is 5.91 Å². The Labute approximate surface area is 162 Å². The predicted octanol–water partition coefficient (Wildman–Crippen LogP) is 2.09. The maximum Gasteiger partial charge on any atom is 0.271 e. The van der Waals surface area contributed by atoms with Crippen LogP contribution in [-0.4, -0.2) is 41.0 Å². The number of nitrogens with one attached hydrogen (secondary N) is 2. The Balaban J connectivity index is 1.40. The molecular formula is C20H22N4O4. The van der Waals surface area contributed by atoms with E-state index in [1.165, 1.54) is 6.20 Å². The van der Waals surface area contributed by atoms with E-state index >= 15 is 0 Å². The van der Waals surface area contributed by atoms with Crippen molar-refractivity contribution in [1.29, 1.82) is 0 Å². The Kier molecular flexibility index (Phi) is 5.10. The molecular weight excluding hydrogens is 360 g/mol. The zero-order valence-corrected chi connectivity index (χ0v) is 15.6. The van der Waals surface area contributed by atoms with Crippen molar-refractivity contribution in [3.8, 4) is 11.5 Å². The van der Waals surface area contributed by atoms with Gasteiger partial charge in [-0.3, -0.25) is 14.6 Å². The summed E-state index contributed by atoms with van der Waals surface area (Å²) in [6.07, 6.45) is 5.36. The van der Waals surface area contributed by atoms with Crippen molar-refractivity contribution in [3.05, 3.63) is 42.0 Å². The summed E-state index contributed by atoms with van der Waals surface area (Å²) in [5.74, 6) is 0.578. The van der Waals surface area contributed by atoms with Crippen LogP contribution >= 0.6 is 0 Å². The second kappa shape index (κ2) is 7.84. The van der Waals surface area contributed by atoms with Crippen molar-refractivity contribution in [3.63, 3.8) is 0 Å². The van der Waals surface area contributed by atoms with Crippen LogP contribution in [0.3, 0.4) is 0 Å². The van der Waals surface area contributed by atoms with Gasteiger partial charge in [0.15, 0.2) is 11.5 Å². The molecule has 0 bridgehead atoms. The molecule has 0 radical (unpaired) electrons. The van der Waals surface area contributed by atoms with Crippen molar-refractivity contribution < 1.29 is 19.1 Å². The molecule has 1 saturated carbocycles. The summed E-state index contributed by atoms with van der Waals surface area (Å²) in [6, 6.07) is 5.11. The molecule has 1 aromatic carbocycles. The number of aryl methyl sites for hydroxylation is 1. The van der Waals surface area contributed by atoms with E-state index in [1.54, 1.807) is 24.4 Å². The van der Waals surface area contributed by atoms with Crippen molar-refractivity contribution in [2.45, 2.75) is 32.2 Å². The van der Waals surface area contributed by atoms with Gasteiger partial charge in [0.05, 0.1) is 17.8 Å². The van der Waals surface area contributed by atoms with Crippen molar-refractivity contribution in [2.24, 2.45) is 5.92 Å². The van der Waals surface area contributed by atoms with E-state index in [-0.39, 0.29) is 29.5 Å². The summed E-state index contributed by atoms with van der Waals surface area (Å²) in [4.78, 5) is 33.4. The summed E-state index contributed by atoms with van der Waals surface area (Å²) < 4.78 is 11.1. The van der Waals surface area contributed by atoms with Crippen LogP contribution in [0.15, 0.2) is 30.6 Å². The lowest BCUT2D eigenvalue weighted by Crippen LogP contribution is -2.42. The lowest BCUT2D eigenvalue weighted by molar-refractivity contribution is -0.120. The minimum absolute atomic E-state index is 0.116. The fourth-order valence-corrected chi connectivity index (χ4v) is 3.55. The van der Waals surface area contributed by atoms with Gasteiger partial charge in [0, 0.05) is 24.0 Å². The summed E-state index contributed by atoms with van der Waals surface area (Å²) in [5, 5.41) is 5.87. The first-order chi connectivity index (χ1) is 13.6. The van der Waals surface area contributed by atoms with E-state index in [0.717, 1.165) is 25.0 Å². The Morgan fingerprint density at radius 1 is 1.07 bits per heavy atom. The lowest BCUT2D eigenvalue weighted by Gasteiger charge is -2.22. The third-order valence-electron chi connectivity index (χ3n) is 4.99. The van der Waals surface area contributed by atoms with E-state index in [9.17, 15) is 9.59 Å². The second-order valence-electron chi connectivity index (χ2n) is 7.01. The Morgan fingerprint density at radius 2 is 1.89 bits per heavy atom. The van der Waals surface area contributed by atoms with Gasteiger partial charge in [-0.2, -0.15) is 0 Å². The smallest absolute Gasteiger partial charge is 0.271 e. The van der Waals surface area contributed by atoms with E-state index < -0.39 is 0 Å². The average molecular weight is 382 g/mol. The minimum Gasteiger partial charge on any atom is -0.486 e. The molecule has 2 amide bonds. The number of fused-ring (bicyclic) bond motifs is 1. The van der Waals surface area contributed by atoms with E-state index in [4.69, 9.17) is 9.47 Å². The zero-order chi connectivity index (χ0) is 19.5. The van der Waals surface area contributed by atoms with Gasteiger partial charge in [-0.05, 0) is 31.9 Å². The number of amides is 2. The number of carbonyl (C=O) groups is 2. The molecule has 2 heterocycles. The molecule has 146 valence electrons. The molecule has 2 atom stereocenters. The molecule has 0 spiro atoms. The van der Waals surface area contributed by atoms with Gasteiger partial charge in [-0.1, -0.05) is 6.42 Å². The molecule has 8 heteroatoms. The standard InChI is InChI=1S/C20H22N4O4/c1-12-10-22-16(11-21-12)20(26)24-15-4-2-3-14(15)19(25)23-13-5-6-17-18(9-13)28-8-7-27-17/h5-6,9-11,14-15H,2-4,7-8H2,1H3,(H,23,25)(H,24,26)/t14-,15+/m0/s1. The van der Waals surface area contributed by atoms with Crippen LogP contribution in [0.5, 0.6) is 11.5 Å². The van der Waals surface area contributed by atoms with Crippen LogP contribution < -0.4 is 20.1 Å². The van der Waals surface area contributed by atoms with Crippen molar-refractivity contribution in [2.75, 3.05) is 18.5 Å². The van der Waals surface area contributed by atoms with E-state index in [1.807, 2.05) is 6.92 Å². The average Bonchev–Trinajstić information content (AvgIpc) is 3.16. The van der Waals surface area contributed by atoms with Crippen molar-refractivity contribution in [1.82, 2.24) is 15.3 Å². The molecule has 8 nitrogen and oxygen atoms in total. The summed E-state index contributed by atoms with van der Waals surface area (Å²) >= 11 is 0. The number of hydrogen-bond donors (Lipinski definition) is 2. The highest BCUT2D eigenvalue weighted by atomic mass is 16.6. The Bertz CT molecular complexity index is 884. The molecule has 0 saturated heterocycles. The SMILES string of the molecule is Cc1cnc(C(=O)N[C@@H]2CCC[C@@H]2C(=O)Nc2ccc3c(c2)OCCO3)cn1. The topological polar surface area (TPSA) is 102 Å². The lowest BCUT2D eigenvalue weighted by atomic mass is 10.0. The maximum absolute atomic E-state index is 12.8. The molecule has 28 heavy (non-hydrogen) atoms. The number of rotatable bonds is 4. The summed E-state index contributed by atoms with van der Waals surface area (Å²) in [7, 11) is 0. The Morgan fingerprint density at radius 3 is 2.68 bits per heavy atom. The number of ether oxygens (including phenoxy) is 2. The highest BCUT2D eigenvalue weighted by Gasteiger charge is 2.34. The molecule has 2 N–H and O–H groups in total. The van der Waals surface area contributed by atoms with Gasteiger partial charge >= 0.3 is 0 Å². The van der Waals surface area contributed by atoms with Crippen LogP contribution in [0.1, 0.15) is 35.4 Å². The normalized spacial score (nSPS) is 20.5. The number of anilines is 1. The fraction of sp³-hybridized carbons (Fsp3) is 0.400. The van der Waals surface area contributed by atoms with E-state index in [0.29, 0.717) is 30.4 Å². The molecule has 4 rings (SSSR count). The van der Waals surface area contributed by atoms with Crippen LogP contribution in [0.25, 0.3) is 0 Å². The van der Waals surface area contributed by atoms with Gasteiger partial charge in [0.1, 0.15) is 18.9 Å². The molecule has 1 aliphatic carbocycles. The maximum atomic E-state index is 12.8. The first kappa shape index (κ1) is 18.2. The second-order valence-corrected chi connectivity index (χ2v) is 7.01. The van der Waals surface area contributed by atoms with Gasteiger partial charge in [-0.25, -0.2) is 4.98 Å². The number of carbonyl (C=O) groups excluding carboxylic acids is 2. The monoisotopic (exact) mass is 382 g/mol. The van der Waals surface area contributed by atoms with Gasteiger partial charge < -0.3 is 20.1 Å².